The lowest BCUT2D eigenvalue weighted by Gasteiger charge is -2.13. The van der Waals surface area contributed by atoms with Crippen LogP contribution in [0.1, 0.15) is 36.9 Å². The summed E-state index contributed by atoms with van der Waals surface area (Å²) < 4.78 is 0. The molecule has 0 aliphatic rings. The first-order valence-electron chi connectivity index (χ1n) is 5.60. The molecule has 16 heavy (non-hydrogen) atoms. The molecule has 0 amide bonds. The molecule has 2 aromatic rings. The number of aromatic amines is 2. The molecule has 4 N–H and O–H groups in total. The molecule has 0 bridgehead atoms. The van der Waals surface area contributed by atoms with Crippen LogP contribution in [-0.2, 0) is 0 Å². The molecular formula is C12H17N3O. The van der Waals surface area contributed by atoms with Crippen LogP contribution in [0.15, 0.2) is 16.9 Å². The second kappa shape index (κ2) is 4.14. The normalized spacial score (nSPS) is 13.2. The molecule has 0 fully saturated rings. The summed E-state index contributed by atoms with van der Waals surface area (Å²) in [5.41, 5.74) is 9.85. The number of aryl methyl sites for hydroxylation is 1. The first-order valence-corrected chi connectivity index (χ1v) is 5.60. The van der Waals surface area contributed by atoms with Crippen LogP contribution in [0.4, 0.5) is 0 Å². The fraction of sp³-hybridized carbons (Fsp3) is 0.417. The van der Waals surface area contributed by atoms with E-state index in [2.05, 4.69) is 16.9 Å². The summed E-state index contributed by atoms with van der Waals surface area (Å²) in [6.45, 7) is 4.14. The quantitative estimate of drug-likeness (QED) is 0.738. The molecule has 1 atom stereocenters. The van der Waals surface area contributed by atoms with Crippen molar-refractivity contribution in [1.29, 1.82) is 0 Å². The van der Waals surface area contributed by atoms with Gasteiger partial charge in [-0.25, -0.2) is 4.79 Å². The third kappa shape index (κ3) is 1.88. The Hall–Kier alpha value is -1.55. The smallest absolute Gasteiger partial charge is 0.323 e. The average molecular weight is 219 g/mol. The molecule has 4 nitrogen and oxygen atoms in total. The van der Waals surface area contributed by atoms with Gasteiger partial charge in [0, 0.05) is 6.04 Å². The number of fused-ring (bicyclic) bond motifs is 1. The maximum atomic E-state index is 11.2. The van der Waals surface area contributed by atoms with E-state index in [0.29, 0.717) is 0 Å². The molecule has 0 saturated heterocycles. The predicted octanol–water partition coefficient (Wildman–Crippen LogP) is 1.96. The zero-order chi connectivity index (χ0) is 11.7. The Morgan fingerprint density at radius 3 is 2.56 bits per heavy atom. The minimum Gasteiger partial charge on any atom is -0.324 e. The average Bonchev–Trinajstić information content (AvgIpc) is 2.56. The van der Waals surface area contributed by atoms with Crippen LogP contribution in [-0.4, -0.2) is 9.97 Å². The van der Waals surface area contributed by atoms with Crippen LogP contribution in [0.25, 0.3) is 11.0 Å². The van der Waals surface area contributed by atoms with Crippen molar-refractivity contribution in [2.45, 2.75) is 32.7 Å². The van der Waals surface area contributed by atoms with E-state index < -0.39 is 0 Å². The van der Waals surface area contributed by atoms with Gasteiger partial charge in [0.15, 0.2) is 0 Å². The van der Waals surface area contributed by atoms with Gasteiger partial charge in [-0.3, -0.25) is 0 Å². The Labute approximate surface area is 93.9 Å². The van der Waals surface area contributed by atoms with Crippen LogP contribution in [0.2, 0.25) is 0 Å². The number of nitrogens with two attached hydrogens (primary N) is 1. The van der Waals surface area contributed by atoms with Crippen molar-refractivity contribution in [3.63, 3.8) is 0 Å². The summed E-state index contributed by atoms with van der Waals surface area (Å²) in [6.07, 6.45) is 2.02. The second-order valence-corrected chi connectivity index (χ2v) is 4.23. The summed E-state index contributed by atoms with van der Waals surface area (Å²) in [7, 11) is 0. The van der Waals surface area contributed by atoms with Crippen LogP contribution in [0.3, 0.4) is 0 Å². The van der Waals surface area contributed by atoms with Crippen molar-refractivity contribution in [3.8, 4) is 0 Å². The van der Waals surface area contributed by atoms with Gasteiger partial charge in [0.05, 0.1) is 11.0 Å². The number of hydrogen-bond donors (Lipinski definition) is 3. The largest absolute Gasteiger partial charge is 0.324 e. The van der Waals surface area contributed by atoms with Crippen molar-refractivity contribution >= 4 is 11.0 Å². The summed E-state index contributed by atoms with van der Waals surface area (Å²) in [5, 5.41) is 0. The van der Waals surface area contributed by atoms with Gasteiger partial charge in [-0.1, -0.05) is 13.3 Å². The third-order valence-corrected chi connectivity index (χ3v) is 2.90. The lowest BCUT2D eigenvalue weighted by molar-refractivity contribution is 0.636. The van der Waals surface area contributed by atoms with E-state index in [9.17, 15) is 4.79 Å². The Bertz CT molecular complexity index is 553. The molecule has 0 spiro atoms. The van der Waals surface area contributed by atoms with E-state index >= 15 is 0 Å². The first kappa shape index (κ1) is 11.0. The molecule has 0 saturated carbocycles. The summed E-state index contributed by atoms with van der Waals surface area (Å²) in [6, 6.07) is 3.99. The number of H-pyrrole nitrogens is 2. The molecule has 0 radical (unpaired) electrons. The van der Waals surface area contributed by atoms with Crippen LogP contribution in [0, 0.1) is 6.92 Å². The van der Waals surface area contributed by atoms with E-state index in [1.54, 1.807) is 0 Å². The number of benzene rings is 1. The van der Waals surface area contributed by atoms with Crippen molar-refractivity contribution in [2.75, 3.05) is 0 Å². The highest BCUT2D eigenvalue weighted by molar-refractivity contribution is 5.76. The fourth-order valence-electron chi connectivity index (χ4n) is 2.07. The van der Waals surface area contributed by atoms with Crippen LogP contribution >= 0.6 is 0 Å². The Morgan fingerprint density at radius 2 is 1.94 bits per heavy atom. The minimum atomic E-state index is -0.171. The number of hydrogen-bond acceptors (Lipinski definition) is 2. The van der Waals surface area contributed by atoms with E-state index in [-0.39, 0.29) is 11.7 Å². The highest BCUT2D eigenvalue weighted by Crippen LogP contribution is 2.23. The zero-order valence-electron chi connectivity index (χ0n) is 9.63. The van der Waals surface area contributed by atoms with Gasteiger partial charge >= 0.3 is 5.69 Å². The van der Waals surface area contributed by atoms with E-state index in [0.717, 1.165) is 35.0 Å². The van der Waals surface area contributed by atoms with E-state index in [1.807, 2.05) is 19.1 Å². The molecule has 1 heterocycles. The van der Waals surface area contributed by atoms with Gasteiger partial charge in [-0.2, -0.15) is 0 Å². The van der Waals surface area contributed by atoms with E-state index in [4.69, 9.17) is 5.73 Å². The number of aromatic nitrogens is 2. The lowest BCUT2D eigenvalue weighted by atomic mass is 9.98. The topological polar surface area (TPSA) is 74.7 Å². The van der Waals surface area contributed by atoms with Crippen molar-refractivity contribution in [2.24, 2.45) is 5.73 Å². The maximum absolute atomic E-state index is 11.2. The van der Waals surface area contributed by atoms with Gasteiger partial charge < -0.3 is 15.7 Å². The van der Waals surface area contributed by atoms with Gasteiger partial charge in [0.25, 0.3) is 0 Å². The van der Waals surface area contributed by atoms with Crippen molar-refractivity contribution < 1.29 is 0 Å². The van der Waals surface area contributed by atoms with Gasteiger partial charge in [-0.15, -0.1) is 0 Å². The van der Waals surface area contributed by atoms with Crippen molar-refractivity contribution in [1.82, 2.24) is 9.97 Å². The Morgan fingerprint density at radius 1 is 1.31 bits per heavy atom. The molecule has 86 valence electrons. The van der Waals surface area contributed by atoms with Crippen LogP contribution < -0.4 is 11.4 Å². The summed E-state index contributed by atoms with van der Waals surface area (Å²) >= 11 is 0. The second-order valence-electron chi connectivity index (χ2n) is 4.23. The Balaban J connectivity index is 2.52. The SMILES string of the molecule is CCCC(N)c1cc2[nH]c(=O)[nH]c2cc1C. The monoisotopic (exact) mass is 219 g/mol. The predicted molar refractivity (Wildman–Crippen MR) is 65.5 cm³/mol. The zero-order valence-corrected chi connectivity index (χ0v) is 9.63. The first-order chi connectivity index (χ1) is 7.61. The Kier molecular flexibility index (Phi) is 2.83. The molecule has 0 aliphatic heterocycles. The maximum Gasteiger partial charge on any atom is 0.323 e. The molecule has 1 aromatic heterocycles. The van der Waals surface area contributed by atoms with E-state index in [1.165, 1.54) is 0 Å². The van der Waals surface area contributed by atoms with Crippen molar-refractivity contribution in [3.05, 3.63) is 33.7 Å². The lowest BCUT2D eigenvalue weighted by Crippen LogP contribution is -2.11. The highest BCUT2D eigenvalue weighted by atomic mass is 16.1. The van der Waals surface area contributed by atoms with Gasteiger partial charge in [0.1, 0.15) is 0 Å². The summed E-state index contributed by atoms with van der Waals surface area (Å²) in [4.78, 5) is 16.7. The summed E-state index contributed by atoms with van der Waals surface area (Å²) in [5.74, 6) is 0. The number of nitrogens with one attached hydrogen (secondary N) is 2. The molecule has 1 aromatic carbocycles. The van der Waals surface area contributed by atoms with Gasteiger partial charge in [-0.05, 0) is 36.6 Å². The standard InChI is InChI=1S/C12H17N3O/c1-3-4-9(13)8-6-11-10(5-7(8)2)14-12(16)15-11/h5-6,9H,3-4,13H2,1-2H3,(H2,14,15,16). The minimum absolute atomic E-state index is 0.0489. The number of rotatable bonds is 3. The fourth-order valence-corrected chi connectivity index (χ4v) is 2.07. The van der Waals surface area contributed by atoms with Gasteiger partial charge in [0.2, 0.25) is 0 Å². The molecule has 2 rings (SSSR count). The third-order valence-electron chi connectivity index (χ3n) is 2.90. The van der Waals surface area contributed by atoms with Crippen LogP contribution in [0.5, 0.6) is 0 Å². The molecular weight excluding hydrogens is 202 g/mol. The highest BCUT2D eigenvalue weighted by Gasteiger charge is 2.10. The molecule has 0 aliphatic carbocycles. The number of imidazole rings is 1. The molecule has 1 unspecified atom stereocenters. The molecule has 4 heteroatoms.